The van der Waals surface area contributed by atoms with Crippen LogP contribution in [0.2, 0.25) is 0 Å². The lowest BCUT2D eigenvalue weighted by atomic mass is 10.3. The fourth-order valence-electron chi connectivity index (χ4n) is 0.496. The van der Waals surface area contributed by atoms with E-state index in [9.17, 15) is 4.79 Å². The molecule has 1 unspecified atom stereocenters. The zero-order valence-corrected chi connectivity index (χ0v) is 7.53. The van der Waals surface area contributed by atoms with E-state index in [1.807, 2.05) is 20.1 Å². The lowest BCUT2D eigenvalue weighted by molar-refractivity contribution is -0.144. The molecule has 0 spiro atoms. The largest absolute Gasteiger partial charge is 0.452 e. The molecule has 0 aromatic carbocycles. The third-order valence-corrected chi connectivity index (χ3v) is 1.84. The summed E-state index contributed by atoms with van der Waals surface area (Å²) in [7, 11) is 0. The molecule has 0 aromatic rings. The van der Waals surface area contributed by atoms with Gasteiger partial charge in [0, 0.05) is 6.42 Å². The van der Waals surface area contributed by atoms with E-state index < -0.39 is 0 Å². The number of esters is 1. The van der Waals surface area contributed by atoms with Crippen LogP contribution in [0.1, 0.15) is 26.7 Å². The first-order valence-corrected chi connectivity index (χ1v) is 4.71. The molecule has 0 aliphatic heterocycles. The maximum absolute atomic E-state index is 10.8. The normalized spacial score (nSPS) is 12.7. The predicted molar refractivity (Wildman–Crippen MR) is 44.0 cm³/mol. The Morgan fingerprint density at radius 3 is 2.70 bits per heavy atom. The number of thioether (sulfide) groups is 1. The van der Waals surface area contributed by atoms with Crippen molar-refractivity contribution in [2.75, 3.05) is 6.26 Å². The maximum atomic E-state index is 10.8. The molecule has 2 nitrogen and oxygen atoms in total. The SMILES string of the molecule is CCCC(=O)OC(C)SC. The number of rotatable bonds is 4. The van der Waals surface area contributed by atoms with Crippen LogP contribution in [-0.2, 0) is 9.53 Å². The first-order chi connectivity index (χ1) is 4.70. The maximum Gasteiger partial charge on any atom is 0.306 e. The van der Waals surface area contributed by atoms with Crippen molar-refractivity contribution < 1.29 is 9.53 Å². The first-order valence-electron chi connectivity index (χ1n) is 3.43. The number of carbonyl (C=O) groups excluding carboxylic acids is 1. The number of hydrogen-bond acceptors (Lipinski definition) is 3. The fourth-order valence-corrected chi connectivity index (χ4v) is 0.700. The van der Waals surface area contributed by atoms with Crippen molar-refractivity contribution in [2.45, 2.75) is 32.1 Å². The number of ether oxygens (including phenoxy) is 1. The van der Waals surface area contributed by atoms with E-state index in [4.69, 9.17) is 4.74 Å². The highest BCUT2D eigenvalue weighted by atomic mass is 32.2. The summed E-state index contributed by atoms with van der Waals surface area (Å²) in [5.74, 6) is -0.0932. The average Bonchev–Trinajstić information content (AvgIpc) is 1.88. The molecule has 1 atom stereocenters. The Bertz CT molecular complexity index is 104. The van der Waals surface area contributed by atoms with E-state index in [0.717, 1.165) is 6.42 Å². The Labute approximate surface area is 66.3 Å². The van der Waals surface area contributed by atoms with Crippen molar-refractivity contribution in [3.63, 3.8) is 0 Å². The Morgan fingerprint density at radius 2 is 2.30 bits per heavy atom. The van der Waals surface area contributed by atoms with Crippen LogP contribution < -0.4 is 0 Å². The fraction of sp³-hybridized carbons (Fsp3) is 0.857. The molecule has 0 bridgehead atoms. The van der Waals surface area contributed by atoms with Crippen LogP contribution in [0, 0.1) is 0 Å². The lowest BCUT2D eigenvalue weighted by Crippen LogP contribution is -2.10. The van der Waals surface area contributed by atoms with Gasteiger partial charge >= 0.3 is 5.97 Å². The summed E-state index contributed by atoms with van der Waals surface area (Å²) in [6.45, 7) is 3.84. The van der Waals surface area contributed by atoms with Gasteiger partial charge in [0.05, 0.1) is 0 Å². The second kappa shape index (κ2) is 5.59. The lowest BCUT2D eigenvalue weighted by Gasteiger charge is -2.08. The van der Waals surface area contributed by atoms with Crippen LogP contribution in [0.25, 0.3) is 0 Å². The van der Waals surface area contributed by atoms with E-state index in [1.165, 1.54) is 11.8 Å². The smallest absolute Gasteiger partial charge is 0.306 e. The van der Waals surface area contributed by atoms with Crippen molar-refractivity contribution in [3.8, 4) is 0 Å². The zero-order chi connectivity index (χ0) is 7.98. The van der Waals surface area contributed by atoms with Crippen molar-refractivity contribution in [1.82, 2.24) is 0 Å². The van der Waals surface area contributed by atoms with Gasteiger partial charge in [0.15, 0.2) is 0 Å². The standard InChI is InChI=1S/C7H14O2S/c1-4-5-7(8)9-6(2)10-3/h6H,4-5H2,1-3H3. The molecule has 0 aromatic heterocycles. The summed E-state index contributed by atoms with van der Waals surface area (Å²) in [5, 5.41) is 0. The van der Waals surface area contributed by atoms with Gasteiger partial charge in [-0.1, -0.05) is 6.92 Å². The molecule has 0 saturated heterocycles. The van der Waals surface area contributed by atoms with Crippen molar-refractivity contribution in [3.05, 3.63) is 0 Å². The summed E-state index contributed by atoms with van der Waals surface area (Å²) in [5.41, 5.74) is -0.000880. The Balaban J connectivity index is 3.37. The molecule has 0 aliphatic carbocycles. The van der Waals surface area contributed by atoms with E-state index >= 15 is 0 Å². The van der Waals surface area contributed by atoms with Crippen LogP contribution in [0.15, 0.2) is 0 Å². The summed E-state index contributed by atoms with van der Waals surface area (Å²) in [4.78, 5) is 10.8. The van der Waals surface area contributed by atoms with Crippen molar-refractivity contribution in [2.24, 2.45) is 0 Å². The number of hydrogen-bond donors (Lipinski definition) is 0. The molecule has 3 heteroatoms. The van der Waals surface area contributed by atoms with Crippen LogP contribution >= 0.6 is 11.8 Å². The third kappa shape index (κ3) is 4.68. The van der Waals surface area contributed by atoms with Gasteiger partial charge in [0.2, 0.25) is 0 Å². The summed E-state index contributed by atoms with van der Waals surface area (Å²) >= 11 is 1.54. The molecular weight excluding hydrogens is 148 g/mol. The minimum atomic E-state index is -0.0932. The van der Waals surface area contributed by atoms with E-state index in [-0.39, 0.29) is 11.4 Å². The topological polar surface area (TPSA) is 26.3 Å². The molecule has 10 heavy (non-hydrogen) atoms. The van der Waals surface area contributed by atoms with Gasteiger partial charge in [0.25, 0.3) is 0 Å². The van der Waals surface area contributed by atoms with Crippen molar-refractivity contribution in [1.29, 1.82) is 0 Å². The second-order valence-electron chi connectivity index (χ2n) is 2.04. The average molecular weight is 162 g/mol. The quantitative estimate of drug-likeness (QED) is 0.467. The predicted octanol–water partition coefficient (Wildman–Crippen LogP) is 2.04. The molecule has 0 N–H and O–H groups in total. The van der Waals surface area contributed by atoms with Crippen LogP contribution in [0.3, 0.4) is 0 Å². The highest BCUT2D eigenvalue weighted by Gasteiger charge is 2.05. The van der Waals surface area contributed by atoms with Gasteiger partial charge in [-0.15, -0.1) is 11.8 Å². The van der Waals surface area contributed by atoms with E-state index in [2.05, 4.69) is 0 Å². The van der Waals surface area contributed by atoms with Gasteiger partial charge in [-0.3, -0.25) is 4.79 Å². The third-order valence-electron chi connectivity index (χ3n) is 1.08. The van der Waals surface area contributed by atoms with Gasteiger partial charge < -0.3 is 4.74 Å². The highest BCUT2D eigenvalue weighted by Crippen LogP contribution is 2.07. The molecular formula is C7H14O2S. The molecule has 0 saturated carbocycles. The molecule has 0 fully saturated rings. The van der Waals surface area contributed by atoms with Gasteiger partial charge in [-0.25, -0.2) is 0 Å². The first kappa shape index (κ1) is 9.82. The molecule has 0 radical (unpaired) electrons. The molecule has 0 aliphatic rings. The highest BCUT2D eigenvalue weighted by molar-refractivity contribution is 7.99. The second-order valence-corrected chi connectivity index (χ2v) is 3.18. The molecule has 0 heterocycles. The minimum Gasteiger partial charge on any atom is -0.452 e. The van der Waals surface area contributed by atoms with Gasteiger partial charge in [-0.2, -0.15) is 0 Å². The van der Waals surface area contributed by atoms with Crippen LogP contribution in [-0.4, -0.2) is 17.7 Å². The zero-order valence-electron chi connectivity index (χ0n) is 6.72. The van der Waals surface area contributed by atoms with Crippen LogP contribution in [0.4, 0.5) is 0 Å². The minimum absolute atomic E-state index is 0.000880. The molecule has 60 valence electrons. The monoisotopic (exact) mass is 162 g/mol. The summed E-state index contributed by atoms with van der Waals surface area (Å²) in [6, 6.07) is 0. The summed E-state index contributed by atoms with van der Waals surface area (Å²) in [6.07, 6.45) is 3.31. The van der Waals surface area contributed by atoms with Gasteiger partial charge in [0.1, 0.15) is 5.44 Å². The Kier molecular flexibility index (Phi) is 5.49. The van der Waals surface area contributed by atoms with Crippen LogP contribution in [0.5, 0.6) is 0 Å². The van der Waals surface area contributed by atoms with E-state index in [0.29, 0.717) is 6.42 Å². The Hall–Kier alpha value is -0.180. The van der Waals surface area contributed by atoms with E-state index in [1.54, 1.807) is 0 Å². The van der Waals surface area contributed by atoms with Gasteiger partial charge in [-0.05, 0) is 19.6 Å². The molecule has 0 amide bonds. The van der Waals surface area contributed by atoms with Crippen molar-refractivity contribution >= 4 is 17.7 Å². The number of carbonyl (C=O) groups is 1. The molecule has 0 rings (SSSR count). The summed E-state index contributed by atoms with van der Waals surface area (Å²) < 4.78 is 4.96. The Morgan fingerprint density at radius 1 is 1.70 bits per heavy atom.